The van der Waals surface area contributed by atoms with Crippen LogP contribution in [0, 0.1) is 0 Å². The molecule has 0 atom stereocenters. The van der Waals surface area contributed by atoms with Crippen molar-refractivity contribution in [3.8, 4) is 5.75 Å². The zero-order chi connectivity index (χ0) is 12.5. The number of para-hydroxylation sites is 1. The van der Waals surface area contributed by atoms with Crippen molar-refractivity contribution in [2.45, 2.75) is 6.42 Å². The Kier molecular flexibility index (Phi) is 5.88. The first-order chi connectivity index (χ1) is 8.22. The molecule has 0 aliphatic heterocycles. The van der Waals surface area contributed by atoms with Crippen LogP contribution in [0.5, 0.6) is 5.75 Å². The summed E-state index contributed by atoms with van der Waals surface area (Å²) in [5.41, 5.74) is 5.38. The molecule has 0 spiro atoms. The number of likely N-dealkylation sites (N-methyl/N-ethyl adjacent to an activating group) is 1. The van der Waals surface area contributed by atoms with Crippen LogP contribution in [0.3, 0.4) is 0 Å². The maximum absolute atomic E-state index is 8.39. The monoisotopic (exact) mass is 237 g/mol. The average Bonchev–Trinajstić information content (AvgIpc) is 2.37. The van der Waals surface area contributed by atoms with E-state index in [1.54, 1.807) is 0 Å². The van der Waals surface area contributed by atoms with Crippen LogP contribution < -0.4 is 10.5 Å². The molecule has 5 nitrogen and oxygen atoms in total. The number of amidine groups is 1. The Morgan fingerprint density at radius 2 is 2.06 bits per heavy atom. The lowest BCUT2D eigenvalue weighted by Gasteiger charge is -2.16. The van der Waals surface area contributed by atoms with Gasteiger partial charge in [-0.05, 0) is 19.2 Å². The van der Waals surface area contributed by atoms with Crippen LogP contribution in [0.2, 0.25) is 0 Å². The number of ether oxygens (including phenoxy) is 1. The Morgan fingerprint density at radius 1 is 1.35 bits per heavy atom. The van der Waals surface area contributed by atoms with Gasteiger partial charge in [-0.25, -0.2) is 0 Å². The van der Waals surface area contributed by atoms with Crippen molar-refractivity contribution in [3.63, 3.8) is 0 Å². The first-order valence-corrected chi connectivity index (χ1v) is 5.55. The molecule has 0 unspecified atom stereocenters. The lowest BCUT2D eigenvalue weighted by molar-refractivity contribution is 0.240. The van der Waals surface area contributed by atoms with Crippen molar-refractivity contribution in [2.75, 3.05) is 26.7 Å². The Morgan fingerprint density at radius 3 is 2.71 bits per heavy atom. The van der Waals surface area contributed by atoms with Crippen LogP contribution in [-0.2, 0) is 0 Å². The van der Waals surface area contributed by atoms with E-state index in [1.807, 2.05) is 37.4 Å². The number of nitrogens with two attached hydrogens (primary N) is 1. The minimum atomic E-state index is 0.251. The molecule has 5 heteroatoms. The smallest absolute Gasteiger partial charge is 0.140 e. The minimum absolute atomic E-state index is 0.251. The minimum Gasteiger partial charge on any atom is -0.492 e. The van der Waals surface area contributed by atoms with E-state index in [1.165, 1.54) is 0 Å². The highest BCUT2D eigenvalue weighted by Gasteiger charge is 2.00. The summed E-state index contributed by atoms with van der Waals surface area (Å²) in [4.78, 5) is 2.07. The Bertz CT molecular complexity index is 341. The van der Waals surface area contributed by atoms with Crippen LogP contribution >= 0.6 is 0 Å². The molecule has 0 aromatic heterocycles. The van der Waals surface area contributed by atoms with Crippen LogP contribution in [0.15, 0.2) is 35.5 Å². The molecule has 0 saturated carbocycles. The van der Waals surface area contributed by atoms with E-state index in [-0.39, 0.29) is 5.84 Å². The molecular weight excluding hydrogens is 218 g/mol. The van der Waals surface area contributed by atoms with Crippen molar-refractivity contribution in [2.24, 2.45) is 10.9 Å². The summed E-state index contributed by atoms with van der Waals surface area (Å²) in [6.45, 7) is 2.17. The van der Waals surface area contributed by atoms with Crippen molar-refractivity contribution >= 4 is 5.84 Å². The Hall–Kier alpha value is -1.75. The number of oxime groups is 1. The molecule has 94 valence electrons. The predicted octanol–water partition coefficient (Wildman–Crippen LogP) is 1.13. The van der Waals surface area contributed by atoms with Gasteiger partial charge < -0.3 is 20.6 Å². The molecule has 17 heavy (non-hydrogen) atoms. The standard InChI is InChI=1S/C12H19N3O2/c1-15(8-7-12(13)14-16)9-10-17-11-5-3-2-4-6-11/h2-6,16H,7-10H2,1H3,(H2,13,14). The third-order valence-electron chi connectivity index (χ3n) is 2.36. The highest BCUT2D eigenvalue weighted by Crippen LogP contribution is 2.07. The van der Waals surface area contributed by atoms with Crippen molar-refractivity contribution in [1.82, 2.24) is 4.90 Å². The van der Waals surface area contributed by atoms with E-state index in [0.29, 0.717) is 13.0 Å². The quantitative estimate of drug-likeness (QED) is 0.323. The molecule has 0 saturated heterocycles. The molecule has 0 aliphatic rings. The predicted molar refractivity (Wildman–Crippen MR) is 67.5 cm³/mol. The number of hydrogen-bond donors (Lipinski definition) is 2. The van der Waals surface area contributed by atoms with Gasteiger partial charge in [0.1, 0.15) is 18.2 Å². The molecule has 1 aromatic rings. The second-order valence-corrected chi connectivity index (χ2v) is 3.81. The van der Waals surface area contributed by atoms with Gasteiger partial charge in [0.2, 0.25) is 0 Å². The average molecular weight is 237 g/mol. The van der Waals surface area contributed by atoms with Crippen LogP contribution in [0.25, 0.3) is 0 Å². The highest BCUT2D eigenvalue weighted by molar-refractivity contribution is 5.79. The summed E-state index contributed by atoms with van der Waals surface area (Å²) in [6.07, 6.45) is 0.554. The zero-order valence-corrected chi connectivity index (χ0v) is 10.0. The fourth-order valence-corrected chi connectivity index (χ4v) is 1.30. The largest absolute Gasteiger partial charge is 0.492 e. The van der Waals surface area contributed by atoms with Crippen LogP contribution in [-0.4, -0.2) is 42.7 Å². The molecular formula is C12H19N3O2. The van der Waals surface area contributed by atoms with Gasteiger partial charge in [-0.3, -0.25) is 0 Å². The maximum atomic E-state index is 8.39. The molecule has 1 aromatic carbocycles. The number of benzene rings is 1. The first kappa shape index (κ1) is 13.3. The van der Waals surface area contributed by atoms with Gasteiger partial charge in [0, 0.05) is 19.5 Å². The summed E-state index contributed by atoms with van der Waals surface area (Å²) in [7, 11) is 1.97. The van der Waals surface area contributed by atoms with Gasteiger partial charge in [-0.2, -0.15) is 0 Å². The second-order valence-electron chi connectivity index (χ2n) is 3.81. The Balaban J connectivity index is 2.14. The fraction of sp³-hybridized carbons (Fsp3) is 0.417. The Labute approximate surface area is 101 Å². The van der Waals surface area contributed by atoms with Crippen molar-refractivity contribution < 1.29 is 9.94 Å². The molecule has 0 amide bonds. The van der Waals surface area contributed by atoms with E-state index in [9.17, 15) is 0 Å². The zero-order valence-electron chi connectivity index (χ0n) is 10.0. The normalized spacial score (nSPS) is 11.8. The highest BCUT2D eigenvalue weighted by atomic mass is 16.5. The number of nitrogens with zero attached hydrogens (tertiary/aromatic N) is 2. The van der Waals surface area contributed by atoms with Gasteiger partial charge in [0.05, 0.1) is 0 Å². The molecule has 0 fully saturated rings. The van der Waals surface area contributed by atoms with Gasteiger partial charge in [0.25, 0.3) is 0 Å². The first-order valence-electron chi connectivity index (χ1n) is 5.55. The maximum Gasteiger partial charge on any atom is 0.140 e. The lowest BCUT2D eigenvalue weighted by atomic mass is 10.3. The third-order valence-corrected chi connectivity index (χ3v) is 2.36. The van der Waals surface area contributed by atoms with Crippen LogP contribution in [0.4, 0.5) is 0 Å². The van der Waals surface area contributed by atoms with E-state index in [2.05, 4.69) is 10.1 Å². The SMILES string of the molecule is CN(CCOc1ccccc1)CCC(N)=NO. The molecule has 0 bridgehead atoms. The van der Waals surface area contributed by atoms with E-state index >= 15 is 0 Å². The number of hydrogen-bond acceptors (Lipinski definition) is 4. The fourth-order valence-electron chi connectivity index (χ4n) is 1.30. The van der Waals surface area contributed by atoms with Gasteiger partial charge in [-0.1, -0.05) is 23.4 Å². The van der Waals surface area contributed by atoms with Gasteiger partial charge >= 0.3 is 0 Å². The molecule has 0 aliphatic carbocycles. The summed E-state index contributed by atoms with van der Waals surface area (Å²) in [5, 5.41) is 11.3. The molecule has 0 radical (unpaired) electrons. The van der Waals surface area contributed by atoms with Crippen molar-refractivity contribution in [1.29, 1.82) is 0 Å². The van der Waals surface area contributed by atoms with E-state index < -0.39 is 0 Å². The molecule has 3 N–H and O–H groups in total. The summed E-state index contributed by atoms with van der Waals surface area (Å²) in [6, 6.07) is 9.69. The summed E-state index contributed by atoms with van der Waals surface area (Å²) < 4.78 is 5.56. The second kappa shape index (κ2) is 7.51. The number of rotatable bonds is 7. The summed E-state index contributed by atoms with van der Waals surface area (Å²) >= 11 is 0. The van der Waals surface area contributed by atoms with Gasteiger partial charge in [-0.15, -0.1) is 0 Å². The van der Waals surface area contributed by atoms with E-state index in [4.69, 9.17) is 15.7 Å². The topological polar surface area (TPSA) is 71.1 Å². The molecule has 1 rings (SSSR count). The third kappa shape index (κ3) is 5.77. The lowest BCUT2D eigenvalue weighted by Crippen LogP contribution is -2.28. The van der Waals surface area contributed by atoms with Crippen LogP contribution in [0.1, 0.15) is 6.42 Å². The van der Waals surface area contributed by atoms with E-state index in [0.717, 1.165) is 18.8 Å². The summed E-state index contributed by atoms with van der Waals surface area (Å²) in [5.74, 6) is 1.12. The van der Waals surface area contributed by atoms with Crippen molar-refractivity contribution in [3.05, 3.63) is 30.3 Å². The van der Waals surface area contributed by atoms with Gasteiger partial charge in [0.15, 0.2) is 0 Å². The molecule has 0 heterocycles.